The van der Waals surface area contributed by atoms with Crippen molar-refractivity contribution < 1.29 is 5.11 Å². The fraction of sp³-hybridized carbons (Fsp3) is 0.500. The van der Waals surface area contributed by atoms with Crippen LogP contribution in [0.1, 0.15) is 37.7 Å². The average Bonchev–Trinajstić information content (AvgIpc) is 2.38. The number of aliphatic hydroxyl groups is 1. The third-order valence-electron chi connectivity index (χ3n) is 3.50. The summed E-state index contributed by atoms with van der Waals surface area (Å²) in [5.74, 6) is 0. The molecular formula is C14H17ClN2O. The molecule has 1 aliphatic rings. The predicted octanol–water partition coefficient (Wildman–Crippen LogP) is 3.32. The molecule has 0 saturated heterocycles. The zero-order chi connectivity index (χ0) is 13.0. The molecule has 3 nitrogen and oxygen atoms in total. The van der Waals surface area contributed by atoms with Gasteiger partial charge in [-0.2, -0.15) is 5.26 Å². The Morgan fingerprint density at radius 1 is 1.33 bits per heavy atom. The van der Waals surface area contributed by atoms with Crippen molar-refractivity contribution in [1.29, 1.82) is 5.26 Å². The van der Waals surface area contributed by atoms with Gasteiger partial charge in [0.15, 0.2) is 0 Å². The zero-order valence-corrected chi connectivity index (χ0v) is 11.0. The summed E-state index contributed by atoms with van der Waals surface area (Å²) < 4.78 is 0. The van der Waals surface area contributed by atoms with Gasteiger partial charge in [0.1, 0.15) is 6.07 Å². The Labute approximate surface area is 112 Å². The number of halogens is 1. The van der Waals surface area contributed by atoms with Crippen molar-refractivity contribution in [2.24, 2.45) is 0 Å². The van der Waals surface area contributed by atoms with Gasteiger partial charge < -0.3 is 10.4 Å². The van der Waals surface area contributed by atoms with Crippen LogP contribution in [0.2, 0.25) is 5.02 Å². The Hall–Kier alpha value is -1.24. The van der Waals surface area contributed by atoms with Crippen molar-refractivity contribution in [3.8, 4) is 6.07 Å². The second kappa shape index (κ2) is 5.60. The lowest BCUT2D eigenvalue weighted by atomic mass is 9.85. The van der Waals surface area contributed by atoms with Crippen molar-refractivity contribution in [3.05, 3.63) is 28.8 Å². The summed E-state index contributed by atoms with van der Waals surface area (Å²) in [6.07, 6.45) is 5.09. The van der Waals surface area contributed by atoms with E-state index in [2.05, 4.69) is 5.32 Å². The number of nitrogens with zero attached hydrogens (tertiary/aromatic N) is 1. The van der Waals surface area contributed by atoms with Crippen molar-refractivity contribution in [2.75, 3.05) is 11.9 Å². The molecule has 2 rings (SSSR count). The molecule has 0 atom stereocenters. The van der Waals surface area contributed by atoms with Crippen LogP contribution in [0, 0.1) is 11.3 Å². The minimum atomic E-state index is -0.599. The van der Waals surface area contributed by atoms with E-state index in [-0.39, 0.29) is 0 Å². The number of hydrogen-bond acceptors (Lipinski definition) is 3. The number of rotatable bonds is 3. The fourth-order valence-corrected chi connectivity index (χ4v) is 2.59. The molecule has 1 aromatic carbocycles. The van der Waals surface area contributed by atoms with Gasteiger partial charge in [-0.1, -0.05) is 30.9 Å². The van der Waals surface area contributed by atoms with Crippen LogP contribution in [0.3, 0.4) is 0 Å². The molecule has 96 valence electrons. The standard InChI is InChI=1S/C14H17ClN2O/c15-13-8-12(5-4-11(13)9-16)17-10-14(18)6-2-1-3-7-14/h4-5,8,17-18H,1-3,6-7,10H2. The van der Waals surface area contributed by atoms with E-state index < -0.39 is 5.60 Å². The molecule has 0 heterocycles. The lowest BCUT2D eigenvalue weighted by Crippen LogP contribution is -2.38. The smallest absolute Gasteiger partial charge is 0.101 e. The van der Waals surface area contributed by atoms with Crippen molar-refractivity contribution in [2.45, 2.75) is 37.7 Å². The van der Waals surface area contributed by atoms with Crippen molar-refractivity contribution in [1.82, 2.24) is 0 Å². The molecule has 4 heteroatoms. The van der Waals surface area contributed by atoms with Gasteiger partial charge in [-0.3, -0.25) is 0 Å². The first-order valence-corrected chi connectivity index (χ1v) is 6.67. The largest absolute Gasteiger partial charge is 0.388 e. The second-order valence-corrected chi connectivity index (χ2v) is 5.35. The van der Waals surface area contributed by atoms with Gasteiger partial charge in [0, 0.05) is 12.2 Å². The Bertz CT molecular complexity index is 461. The summed E-state index contributed by atoms with van der Waals surface area (Å²) in [6.45, 7) is 0.537. The first-order valence-electron chi connectivity index (χ1n) is 6.29. The van der Waals surface area contributed by atoms with Crippen LogP contribution in [-0.4, -0.2) is 17.3 Å². The number of nitriles is 1. The lowest BCUT2D eigenvalue weighted by molar-refractivity contribution is 0.0167. The van der Waals surface area contributed by atoms with E-state index in [1.54, 1.807) is 12.1 Å². The molecule has 1 saturated carbocycles. The summed E-state index contributed by atoms with van der Waals surface area (Å²) in [6, 6.07) is 7.26. The number of hydrogen-bond donors (Lipinski definition) is 2. The zero-order valence-electron chi connectivity index (χ0n) is 10.2. The van der Waals surface area contributed by atoms with Gasteiger partial charge in [-0.25, -0.2) is 0 Å². The first-order chi connectivity index (χ1) is 8.63. The normalized spacial score (nSPS) is 18.1. The molecule has 1 aliphatic carbocycles. The van der Waals surface area contributed by atoms with E-state index in [1.807, 2.05) is 12.1 Å². The number of benzene rings is 1. The SMILES string of the molecule is N#Cc1ccc(NCC2(O)CCCCC2)cc1Cl. The first kappa shape index (κ1) is 13.2. The van der Waals surface area contributed by atoms with Gasteiger partial charge >= 0.3 is 0 Å². The Morgan fingerprint density at radius 3 is 2.67 bits per heavy atom. The molecule has 0 unspecified atom stereocenters. The minimum absolute atomic E-state index is 0.443. The maximum absolute atomic E-state index is 10.4. The van der Waals surface area contributed by atoms with Gasteiger partial charge in [0.2, 0.25) is 0 Å². The molecule has 1 fully saturated rings. The molecule has 0 aromatic heterocycles. The van der Waals surface area contributed by atoms with Crippen LogP contribution < -0.4 is 5.32 Å². The average molecular weight is 265 g/mol. The Morgan fingerprint density at radius 2 is 2.06 bits per heavy atom. The fourth-order valence-electron chi connectivity index (χ4n) is 2.37. The predicted molar refractivity (Wildman–Crippen MR) is 72.7 cm³/mol. The van der Waals surface area contributed by atoms with Crippen LogP contribution in [0.5, 0.6) is 0 Å². The van der Waals surface area contributed by atoms with E-state index in [9.17, 15) is 5.11 Å². The molecule has 0 radical (unpaired) electrons. The van der Waals surface area contributed by atoms with Crippen LogP contribution in [0.15, 0.2) is 18.2 Å². The molecule has 18 heavy (non-hydrogen) atoms. The molecule has 1 aromatic rings. The monoisotopic (exact) mass is 264 g/mol. The van der Waals surface area contributed by atoms with Gasteiger partial charge in [-0.15, -0.1) is 0 Å². The molecular weight excluding hydrogens is 248 g/mol. The quantitative estimate of drug-likeness (QED) is 0.881. The topological polar surface area (TPSA) is 56.0 Å². The summed E-state index contributed by atoms with van der Waals surface area (Å²) in [4.78, 5) is 0. The molecule has 0 bridgehead atoms. The molecule has 0 aliphatic heterocycles. The summed E-state index contributed by atoms with van der Waals surface area (Å²) in [5.41, 5.74) is 0.718. The van der Waals surface area contributed by atoms with E-state index in [0.717, 1.165) is 31.4 Å². The molecule has 0 amide bonds. The van der Waals surface area contributed by atoms with Crippen LogP contribution in [-0.2, 0) is 0 Å². The van der Waals surface area contributed by atoms with Gasteiger partial charge in [0.25, 0.3) is 0 Å². The third-order valence-corrected chi connectivity index (χ3v) is 3.81. The van der Waals surface area contributed by atoms with Gasteiger partial charge in [-0.05, 0) is 31.0 Å². The van der Waals surface area contributed by atoms with E-state index >= 15 is 0 Å². The maximum atomic E-state index is 10.4. The van der Waals surface area contributed by atoms with Crippen molar-refractivity contribution in [3.63, 3.8) is 0 Å². The Balaban J connectivity index is 1.98. The highest BCUT2D eigenvalue weighted by molar-refractivity contribution is 6.32. The molecule has 0 spiro atoms. The number of anilines is 1. The van der Waals surface area contributed by atoms with Crippen molar-refractivity contribution >= 4 is 17.3 Å². The summed E-state index contributed by atoms with van der Waals surface area (Å²) in [7, 11) is 0. The third kappa shape index (κ3) is 3.16. The van der Waals surface area contributed by atoms with E-state index in [0.29, 0.717) is 17.1 Å². The van der Waals surface area contributed by atoms with Crippen LogP contribution in [0.4, 0.5) is 5.69 Å². The highest BCUT2D eigenvalue weighted by Gasteiger charge is 2.28. The van der Waals surface area contributed by atoms with Crippen LogP contribution >= 0.6 is 11.6 Å². The summed E-state index contributed by atoms with van der Waals surface area (Å²) >= 11 is 5.96. The molecule has 2 N–H and O–H groups in total. The van der Waals surface area contributed by atoms with Gasteiger partial charge in [0.05, 0.1) is 16.2 Å². The number of nitrogens with one attached hydrogen (secondary N) is 1. The Kier molecular flexibility index (Phi) is 4.11. The van der Waals surface area contributed by atoms with Crippen LogP contribution in [0.25, 0.3) is 0 Å². The highest BCUT2D eigenvalue weighted by atomic mass is 35.5. The minimum Gasteiger partial charge on any atom is -0.388 e. The lowest BCUT2D eigenvalue weighted by Gasteiger charge is -2.32. The maximum Gasteiger partial charge on any atom is 0.101 e. The summed E-state index contributed by atoms with van der Waals surface area (Å²) in [5, 5.41) is 22.8. The highest BCUT2D eigenvalue weighted by Crippen LogP contribution is 2.28. The van der Waals surface area contributed by atoms with E-state index in [4.69, 9.17) is 16.9 Å². The second-order valence-electron chi connectivity index (χ2n) is 4.94. The van der Waals surface area contributed by atoms with E-state index in [1.165, 1.54) is 6.42 Å².